The van der Waals surface area contributed by atoms with Gasteiger partial charge in [0.15, 0.2) is 5.82 Å². The number of carbonyl (C=O) groups is 1. The number of ether oxygens (including phenoxy) is 1. The minimum Gasteiger partial charge on any atom is -0.381 e. The fourth-order valence-corrected chi connectivity index (χ4v) is 3.32. The van der Waals surface area contributed by atoms with E-state index in [9.17, 15) is 4.79 Å². The van der Waals surface area contributed by atoms with Gasteiger partial charge in [-0.3, -0.25) is 15.2 Å². The lowest BCUT2D eigenvalue weighted by atomic mass is 10.1. The first-order valence-electron chi connectivity index (χ1n) is 8.38. The number of nitrogens with one attached hydrogen (secondary N) is 1. The van der Waals surface area contributed by atoms with Crippen molar-refractivity contribution in [3.63, 3.8) is 0 Å². The molecule has 0 aliphatic carbocycles. The van der Waals surface area contributed by atoms with Crippen molar-refractivity contribution in [3.8, 4) is 6.07 Å². The zero-order valence-electron chi connectivity index (χ0n) is 14.4. The van der Waals surface area contributed by atoms with Crippen LogP contribution < -0.4 is 10.4 Å². The average molecular weight is 451 g/mol. The Kier molecular flexibility index (Phi) is 6.61. The van der Waals surface area contributed by atoms with Crippen LogP contribution in [0.25, 0.3) is 0 Å². The monoisotopic (exact) mass is 449 g/mol. The van der Waals surface area contributed by atoms with Crippen LogP contribution in [0.3, 0.4) is 0 Å². The second-order valence-electron chi connectivity index (χ2n) is 5.96. The van der Waals surface area contributed by atoms with Crippen molar-refractivity contribution in [2.45, 2.75) is 24.2 Å². The Labute approximate surface area is 170 Å². The molecule has 1 aliphatic heterocycles. The number of amides is 1. The number of aromatic nitrogens is 2. The van der Waals surface area contributed by atoms with E-state index in [-0.39, 0.29) is 22.8 Å². The Bertz CT molecular complexity index is 850. The number of benzene rings is 1. The molecule has 0 bridgehead atoms. The van der Waals surface area contributed by atoms with E-state index in [0.29, 0.717) is 37.4 Å². The highest BCUT2D eigenvalue weighted by Gasteiger charge is 2.27. The lowest BCUT2D eigenvalue weighted by molar-refractivity contribution is 0.0775. The summed E-state index contributed by atoms with van der Waals surface area (Å²) in [4.78, 5) is 20.9. The van der Waals surface area contributed by atoms with Crippen LogP contribution in [-0.4, -0.2) is 35.1 Å². The number of hydrogen-bond acceptors (Lipinski definition) is 6. The minimum absolute atomic E-state index is 0.0117. The van der Waals surface area contributed by atoms with Crippen LogP contribution >= 0.6 is 27.5 Å². The summed E-state index contributed by atoms with van der Waals surface area (Å²) < 4.78 is 5.41. The van der Waals surface area contributed by atoms with Crippen LogP contribution in [0.2, 0.25) is 5.02 Å². The number of anilines is 1. The van der Waals surface area contributed by atoms with Crippen LogP contribution in [0.4, 0.5) is 5.82 Å². The maximum atomic E-state index is 12.8. The van der Waals surface area contributed by atoms with Crippen molar-refractivity contribution in [2.75, 3.05) is 18.2 Å². The third kappa shape index (κ3) is 4.75. The third-order valence-electron chi connectivity index (χ3n) is 4.20. The molecule has 27 heavy (non-hydrogen) atoms. The molecule has 140 valence electrons. The van der Waals surface area contributed by atoms with Gasteiger partial charge in [0.25, 0.3) is 5.91 Å². The molecule has 0 saturated carbocycles. The van der Waals surface area contributed by atoms with E-state index < -0.39 is 0 Å². The predicted octanol–water partition coefficient (Wildman–Crippen LogP) is 3.23. The molecule has 0 radical (unpaired) electrons. The molecular formula is C18H17BrClN5O2. The van der Waals surface area contributed by atoms with Crippen molar-refractivity contribution in [1.29, 1.82) is 5.26 Å². The van der Waals surface area contributed by atoms with Gasteiger partial charge in [0.1, 0.15) is 11.1 Å². The highest BCUT2D eigenvalue weighted by Crippen LogP contribution is 2.26. The molecular weight excluding hydrogens is 434 g/mol. The van der Waals surface area contributed by atoms with E-state index in [1.807, 2.05) is 18.2 Å². The summed E-state index contributed by atoms with van der Waals surface area (Å²) >= 11 is 9.66. The number of carbonyl (C=O) groups excluding carboxylic acids is 1. The molecule has 1 amide bonds. The number of hydrogen-bond donors (Lipinski definition) is 1. The summed E-state index contributed by atoms with van der Waals surface area (Å²) in [5.74, 6) is 0.0127. The Balaban J connectivity index is 1.90. The smallest absolute Gasteiger partial charge is 0.269 e. The van der Waals surface area contributed by atoms with Crippen molar-refractivity contribution in [2.24, 2.45) is 0 Å². The molecule has 1 aromatic heterocycles. The van der Waals surface area contributed by atoms with Gasteiger partial charge in [-0.25, -0.2) is 4.98 Å². The van der Waals surface area contributed by atoms with E-state index in [2.05, 4.69) is 31.3 Å². The molecule has 0 spiro atoms. The quantitative estimate of drug-likeness (QED) is 0.555. The van der Waals surface area contributed by atoms with Gasteiger partial charge in [0, 0.05) is 24.1 Å². The fourth-order valence-electron chi connectivity index (χ4n) is 2.76. The second kappa shape index (κ2) is 9.13. The molecule has 2 aromatic rings. The maximum absolute atomic E-state index is 12.8. The summed E-state index contributed by atoms with van der Waals surface area (Å²) in [6, 6.07) is 9.13. The van der Waals surface area contributed by atoms with E-state index in [1.54, 1.807) is 17.1 Å². The van der Waals surface area contributed by atoms with Crippen LogP contribution in [0.15, 0.2) is 30.5 Å². The maximum Gasteiger partial charge on any atom is 0.269 e. The Morgan fingerprint density at radius 1 is 1.37 bits per heavy atom. The van der Waals surface area contributed by atoms with Crippen LogP contribution in [0, 0.1) is 11.3 Å². The van der Waals surface area contributed by atoms with E-state index in [1.165, 1.54) is 6.20 Å². The molecule has 0 unspecified atom stereocenters. The molecule has 1 aromatic carbocycles. The summed E-state index contributed by atoms with van der Waals surface area (Å²) in [6.07, 6.45) is 2.77. The van der Waals surface area contributed by atoms with Crippen LogP contribution in [0.1, 0.15) is 34.6 Å². The number of hydrazine groups is 1. The normalized spacial score (nSPS) is 14.4. The van der Waals surface area contributed by atoms with Gasteiger partial charge in [-0.2, -0.15) is 10.2 Å². The first-order valence-corrected chi connectivity index (χ1v) is 9.88. The Hall–Kier alpha value is -2.21. The first-order chi connectivity index (χ1) is 13.1. The van der Waals surface area contributed by atoms with Gasteiger partial charge >= 0.3 is 0 Å². The van der Waals surface area contributed by atoms with Gasteiger partial charge in [0.05, 0.1) is 12.2 Å². The van der Waals surface area contributed by atoms with Crippen molar-refractivity contribution < 1.29 is 9.53 Å². The second-order valence-corrected chi connectivity index (χ2v) is 6.93. The zero-order chi connectivity index (χ0) is 19.2. The number of halogens is 2. The lowest BCUT2D eigenvalue weighted by Gasteiger charge is -2.35. The number of alkyl halides is 1. The minimum atomic E-state index is -0.282. The fraction of sp³-hybridized carbons (Fsp3) is 0.333. The first kappa shape index (κ1) is 19.5. The van der Waals surface area contributed by atoms with E-state index in [0.717, 1.165) is 10.9 Å². The lowest BCUT2D eigenvalue weighted by Crippen LogP contribution is -2.51. The highest BCUT2D eigenvalue weighted by molar-refractivity contribution is 9.08. The molecule has 1 aliphatic rings. The van der Waals surface area contributed by atoms with Crippen LogP contribution in [-0.2, 0) is 10.1 Å². The highest BCUT2D eigenvalue weighted by atomic mass is 79.9. The van der Waals surface area contributed by atoms with Gasteiger partial charge in [-0.1, -0.05) is 39.7 Å². The molecule has 1 saturated heterocycles. The van der Waals surface area contributed by atoms with Crippen molar-refractivity contribution in [1.82, 2.24) is 15.4 Å². The number of rotatable bonds is 5. The summed E-state index contributed by atoms with van der Waals surface area (Å²) in [6.45, 7) is 1.15. The molecule has 7 nitrogen and oxygen atoms in total. The van der Waals surface area contributed by atoms with Crippen molar-refractivity contribution in [3.05, 3.63) is 52.4 Å². The molecule has 3 rings (SSSR count). The molecule has 0 atom stereocenters. The topological polar surface area (TPSA) is 91.1 Å². The Morgan fingerprint density at radius 2 is 2.07 bits per heavy atom. The largest absolute Gasteiger partial charge is 0.381 e. The van der Waals surface area contributed by atoms with Crippen LogP contribution in [0.5, 0.6) is 0 Å². The summed E-state index contributed by atoms with van der Waals surface area (Å²) in [7, 11) is 0. The third-order valence-corrected chi connectivity index (χ3v) is 5.12. The molecule has 2 heterocycles. The number of nitriles is 1. The predicted molar refractivity (Wildman–Crippen MR) is 105 cm³/mol. The van der Waals surface area contributed by atoms with E-state index >= 15 is 0 Å². The average Bonchev–Trinajstić information content (AvgIpc) is 2.73. The zero-order valence-corrected chi connectivity index (χ0v) is 16.7. The molecule has 1 fully saturated rings. The Morgan fingerprint density at radius 3 is 2.70 bits per heavy atom. The van der Waals surface area contributed by atoms with Gasteiger partial charge < -0.3 is 4.74 Å². The van der Waals surface area contributed by atoms with Crippen molar-refractivity contribution >= 4 is 39.3 Å². The van der Waals surface area contributed by atoms with Gasteiger partial charge in [-0.15, -0.1) is 0 Å². The van der Waals surface area contributed by atoms with Gasteiger partial charge in [-0.05, 0) is 30.5 Å². The summed E-state index contributed by atoms with van der Waals surface area (Å²) in [5, 5.41) is 11.7. The standard InChI is InChI=1S/C18H17BrClN5O2/c19-9-12-1-3-13(4-2-12)18(26)24-25(14-5-7-27-8-6-14)17-15(20)11-22-16(10-21)23-17/h1-4,11,14H,5-9H2,(H,24,26). The summed E-state index contributed by atoms with van der Waals surface area (Å²) in [5.41, 5.74) is 4.48. The molecule has 9 heteroatoms. The van der Waals surface area contributed by atoms with Gasteiger partial charge in [0.2, 0.25) is 5.82 Å². The van der Waals surface area contributed by atoms with E-state index in [4.69, 9.17) is 21.6 Å². The SMILES string of the molecule is N#Cc1ncc(Cl)c(N(NC(=O)c2ccc(CBr)cc2)C2CCOCC2)n1. The molecule has 1 N–H and O–H groups in total. The number of nitrogens with zero attached hydrogens (tertiary/aromatic N) is 4.